The van der Waals surface area contributed by atoms with E-state index >= 15 is 0 Å². The third-order valence-electron chi connectivity index (χ3n) is 11.3. The van der Waals surface area contributed by atoms with E-state index in [9.17, 15) is 65.8 Å². The van der Waals surface area contributed by atoms with Crippen LogP contribution in [-0.4, -0.2) is 166 Å². The Labute approximate surface area is 368 Å². The Hall–Kier alpha value is -3.18. The largest absolute Gasteiger partial charge is 0.481 e. The minimum absolute atomic E-state index is 0.134. The molecule has 0 aromatic carbocycles. The summed E-state index contributed by atoms with van der Waals surface area (Å²) < 4.78 is 22.7. The fourth-order valence-electron chi connectivity index (χ4n) is 7.63. The van der Waals surface area contributed by atoms with Crippen LogP contribution in [0.4, 0.5) is 0 Å². The van der Waals surface area contributed by atoms with E-state index in [4.69, 9.17) is 24.7 Å². The number of hydrogen-bond acceptors (Lipinski definition) is 17. The Bertz CT molecular complexity index is 1550. The fourth-order valence-corrected chi connectivity index (χ4v) is 7.63. The van der Waals surface area contributed by atoms with E-state index in [2.05, 4.69) is 0 Å². The predicted molar refractivity (Wildman–Crippen MR) is 228 cm³/mol. The molecule has 2 bridgehead atoms. The van der Waals surface area contributed by atoms with E-state index < -0.39 is 128 Å². The molecule has 3 rings (SSSR count). The number of aliphatic hydroxyl groups excluding tert-OH is 9. The van der Waals surface area contributed by atoms with Gasteiger partial charge in [0.1, 0.15) is 18.1 Å². The molecule has 7 unspecified atom stereocenters. The summed E-state index contributed by atoms with van der Waals surface area (Å²) in [4.78, 5) is 24.9. The number of fused-ring (bicyclic) bond motifs is 2. The number of carboxylic acid groups (broad SMARTS) is 1. The Morgan fingerprint density at radius 1 is 0.714 bits per heavy atom. The highest BCUT2D eigenvalue weighted by Crippen LogP contribution is 2.38. The van der Waals surface area contributed by atoms with E-state index in [1.165, 1.54) is 6.08 Å². The van der Waals surface area contributed by atoms with Crippen LogP contribution >= 0.6 is 0 Å². The van der Waals surface area contributed by atoms with Gasteiger partial charge in [-0.1, -0.05) is 79.8 Å². The van der Waals surface area contributed by atoms with Crippen molar-refractivity contribution in [2.24, 2.45) is 17.6 Å². The van der Waals surface area contributed by atoms with Gasteiger partial charge in [0, 0.05) is 31.6 Å². The molecule has 3 aliphatic heterocycles. The standard InChI is InChI=1S/C45H71NO17/c1-27-15-13-11-9-7-5-3-4-6-8-10-12-14-16-32(62-44-42(56)41(46)37(54)26-60-44)23-38-40(43(57)58)36(53)25-45(59,63-38)24-35(52)33(50)18-17-29(47)20-30(48)21-31(49)22-39(55)61-28(2)19-34(27)51/h3-4,6,8-16,27-38,40-42,44,47-54,56,59H,5,7,17-26,46H2,1-2H3,(H,57,58)/b4-3+,8-6+,11-9+,12-10+,15-13+,16-14+/t27-,28-,29?,30?,31?,32?,33?,34-,35?,36-,37+,38-,40+,41-,42-,44?,45+/m0/s1. The first-order valence-electron chi connectivity index (χ1n) is 21.8. The van der Waals surface area contributed by atoms with Crippen LogP contribution in [0, 0.1) is 11.8 Å². The monoisotopic (exact) mass is 897 g/mol. The van der Waals surface area contributed by atoms with Crippen LogP contribution in [0.3, 0.4) is 0 Å². The number of hydrogen-bond donors (Lipinski definition) is 12. The maximum absolute atomic E-state index is 12.5. The molecule has 0 spiro atoms. The fraction of sp³-hybridized carbons (Fsp3) is 0.689. The lowest BCUT2D eigenvalue weighted by Gasteiger charge is -2.45. The summed E-state index contributed by atoms with van der Waals surface area (Å²) in [6.45, 7) is 3.20. The van der Waals surface area contributed by atoms with Crippen molar-refractivity contribution in [3.05, 3.63) is 72.9 Å². The molecule has 358 valence electrons. The third-order valence-corrected chi connectivity index (χ3v) is 11.3. The molecule has 3 heterocycles. The van der Waals surface area contributed by atoms with Gasteiger partial charge in [-0.2, -0.15) is 0 Å². The molecule has 13 N–H and O–H groups in total. The number of allylic oxidation sites excluding steroid dienone is 10. The lowest BCUT2D eigenvalue weighted by atomic mass is 9.82. The summed E-state index contributed by atoms with van der Waals surface area (Å²) >= 11 is 0. The topological polar surface area (TPSA) is 320 Å². The number of ether oxygens (including phenoxy) is 4. The number of carboxylic acids is 1. The van der Waals surface area contributed by atoms with Gasteiger partial charge >= 0.3 is 11.9 Å². The SMILES string of the molecule is C[C@H]1C[C@H](O)[C@@H](C)/C=C/C=C/CC/C=C/C=C/C=C/C=C/C(OC2OC[C@@H](O)[C@H](N)[C@@H]2O)C[C@@H]2O[C@](O)(CC(O)C(O)CCC(O)CC(O)CC(O)CC(=O)O1)C[C@H](O)[C@H]2C(=O)O. The molecule has 3 aliphatic rings. The Morgan fingerprint density at radius 3 is 2.00 bits per heavy atom. The second-order valence-corrected chi connectivity index (χ2v) is 17.0. The van der Waals surface area contributed by atoms with Crippen LogP contribution in [0.15, 0.2) is 72.9 Å². The molecule has 63 heavy (non-hydrogen) atoms. The Balaban J connectivity index is 1.81. The van der Waals surface area contributed by atoms with E-state index in [1.54, 1.807) is 31.2 Å². The van der Waals surface area contributed by atoms with Gasteiger partial charge in [-0.3, -0.25) is 9.59 Å². The maximum Gasteiger partial charge on any atom is 0.311 e. The van der Waals surface area contributed by atoms with E-state index in [0.29, 0.717) is 0 Å². The first-order valence-corrected chi connectivity index (χ1v) is 21.8. The number of aliphatic carboxylic acids is 1. The van der Waals surface area contributed by atoms with Gasteiger partial charge in [0.05, 0.1) is 80.1 Å². The first-order chi connectivity index (χ1) is 29.8. The predicted octanol–water partition coefficient (Wildman–Crippen LogP) is 0.301. The molecule has 0 amide bonds. The van der Waals surface area contributed by atoms with E-state index in [-0.39, 0.29) is 51.0 Å². The van der Waals surface area contributed by atoms with Gasteiger partial charge in [0.25, 0.3) is 0 Å². The first kappa shape index (κ1) is 54.2. The molecule has 0 radical (unpaired) electrons. The maximum atomic E-state index is 12.5. The van der Waals surface area contributed by atoms with Crippen LogP contribution < -0.4 is 5.73 Å². The average molecular weight is 898 g/mol. The van der Waals surface area contributed by atoms with Crippen LogP contribution in [0.1, 0.15) is 84.5 Å². The average Bonchev–Trinajstić information content (AvgIpc) is 3.18. The number of carbonyl (C=O) groups excluding carboxylic acids is 1. The highest BCUT2D eigenvalue weighted by Gasteiger charge is 2.51. The molecule has 2 saturated heterocycles. The Morgan fingerprint density at radius 2 is 1.32 bits per heavy atom. The van der Waals surface area contributed by atoms with Gasteiger partial charge in [-0.25, -0.2) is 0 Å². The third kappa shape index (κ3) is 19.4. The zero-order chi connectivity index (χ0) is 46.7. The zero-order valence-electron chi connectivity index (χ0n) is 36.1. The highest BCUT2D eigenvalue weighted by atomic mass is 16.7. The zero-order valence-corrected chi connectivity index (χ0v) is 36.1. The van der Waals surface area contributed by atoms with Crippen LogP contribution in [-0.2, 0) is 28.5 Å². The summed E-state index contributed by atoms with van der Waals surface area (Å²) in [6, 6.07) is -1.12. The van der Waals surface area contributed by atoms with Gasteiger partial charge in [-0.05, 0) is 45.4 Å². The smallest absolute Gasteiger partial charge is 0.311 e. The molecular weight excluding hydrogens is 826 g/mol. The number of esters is 1. The van der Waals surface area contributed by atoms with Crippen LogP contribution in [0.2, 0.25) is 0 Å². The molecule has 17 atom stereocenters. The van der Waals surface area contributed by atoms with Gasteiger partial charge < -0.3 is 80.9 Å². The van der Waals surface area contributed by atoms with Crippen molar-refractivity contribution in [2.45, 2.75) is 176 Å². The molecule has 0 aromatic heterocycles. The van der Waals surface area contributed by atoms with Crippen LogP contribution in [0.25, 0.3) is 0 Å². The lowest BCUT2D eigenvalue weighted by molar-refractivity contribution is -0.307. The van der Waals surface area contributed by atoms with Crippen molar-refractivity contribution in [2.75, 3.05) is 6.61 Å². The van der Waals surface area contributed by atoms with Crippen molar-refractivity contribution in [3.63, 3.8) is 0 Å². The minimum Gasteiger partial charge on any atom is -0.481 e. The van der Waals surface area contributed by atoms with Crippen molar-refractivity contribution in [1.29, 1.82) is 0 Å². The second-order valence-electron chi connectivity index (χ2n) is 17.0. The number of carbonyl (C=O) groups is 2. The lowest BCUT2D eigenvalue weighted by Crippen LogP contribution is -2.59. The van der Waals surface area contributed by atoms with Gasteiger partial charge in [0.2, 0.25) is 0 Å². The van der Waals surface area contributed by atoms with Crippen LogP contribution in [0.5, 0.6) is 0 Å². The minimum atomic E-state index is -2.35. The number of cyclic esters (lactones) is 1. The highest BCUT2D eigenvalue weighted by molar-refractivity contribution is 5.71. The molecule has 0 aliphatic carbocycles. The summed E-state index contributed by atoms with van der Waals surface area (Å²) in [5.41, 5.74) is 5.93. The molecule has 2 fully saturated rings. The normalized spacial score (nSPS) is 43.9. The summed E-state index contributed by atoms with van der Waals surface area (Å²) in [5.74, 6) is -6.34. The van der Waals surface area contributed by atoms with Gasteiger partial charge in [0.15, 0.2) is 12.1 Å². The molecular formula is C45H71NO17. The number of aliphatic hydroxyl groups is 10. The molecule has 0 aromatic rings. The van der Waals surface area contributed by atoms with E-state index in [1.807, 2.05) is 49.5 Å². The molecule has 18 nitrogen and oxygen atoms in total. The summed E-state index contributed by atoms with van der Waals surface area (Å²) in [6.07, 6.45) is 3.49. The van der Waals surface area contributed by atoms with Gasteiger partial charge in [-0.15, -0.1) is 0 Å². The van der Waals surface area contributed by atoms with Crippen molar-refractivity contribution in [1.82, 2.24) is 0 Å². The quantitative estimate of drug-likeness (QED) is 0.170. The number of nitrogens with two attached hydrogens (primary N) is 1. The molecule has 0 saturated carbocycles. The van der Waals surface area contributed by atoms with Crippen molar-refractivity contribution in [3.8, 4) is 0 Å². The summed E-state index contributed by atoms with van der Waals surface area (Å²) in [5, 5.41) is 117. The summed E-state index contributed by atoms with van der Waals surface area (Å²) in [7, 11) is 0. The Kier molecular flexibility index (Phi) is 23.5. The number of rotatable bonds is 3. The molecule has 18 heteroatoms. The van der Waals surface area contributed by atoms with E-state index in [0.717, 1.165) is 12.8 Å². The second kappa shape index (κ2) is 27.3. The van der Waals surface area contributed by atoms with Crippen molar-refractivity contribution < 1.29 is 84.7 Å². The van der Waals surface area contributed by atoms with Crippen molar-refractivity contribution >= 4 is 11.9 Å².